The van der Waals surface area contributed by atoms with E-state index in [1.54, 1.807) is 7.11 Å². The number of benzene rings is 1. The van der Waals surface area contributed by atoms with Crippen LogP contribution >= 0.6 is 0 Å². The molecule has 0 spiro atoms. The number of fused-ring (bicyclic) bond motifs is 1. The van der Waals surface area contributed by atoms with Gasteiger partial charge < -0.3 is 14.8 Å². The maximum Gasteiger partial charge on any atom is 0.123 e. The highest BCUT2D eigenvalue weighted by atomic mass is 16.5. The highest BCUT2D eigenvalue weighted by Crippen LogP contribution is 2.34. The van der Waals surface area contributed by atoms with E-state index in [1.165, 1.54) is 24.0 Å². The van der Waals surface area contributed by atoms with Crippen molar-refractivity contribution in [2.75, 3.05) is 7.11 Å². The molecule has 2 atom stereocenters. The number of methoxy groups -OCH3 is 1. The second-order valence-corrected chi connectivity index (χ2v) is 5.47. The van der Waals surface area contributed by atoms with Crippen LogP contribution in [0.1, 0.15) is 44.7 Å². The van der Waals surface area contributed by atoms with Gasteiger partial charge in [0.2, 0.25) is 0 Å². The SMILES string of the molecule is CCCC(C)NCc1cc2c(cc1OC)CC(C)O2. The number of hydrogen-bond acceptors (Lipinski definition) is 3. The van der Waals surface area contributed by atoms with Crippen molar-refractivity contribution in [3.05, 3.63) is 23.3 Å². The predicted octanol–water partition coefficient (Wildman–Crippen LogP) is 3.30. The lowest BCUT2D eigenvalue weighted by molar-refractivity contribution is 0.254. The fraction of sp³-hybridized carbons (Fsp3) is 0.625. The summed E-state index contributed by atoms with van der Waals surface area (Å²) in [6, 6.07) is 4.78. The molecule has 3 nitrogen and oxygen atoms in total. The van der Waals surface area contributed by atoms with E-state index in [-0.39, 0.29) is 6.10 Å². The minimum Gasteiger partial charge on any atom is -0.496 e. The molecule has 3 heteroatoms. The molecule has 0 amide bonds. The summed E-state index contributed by atoms with van der Waals surface area (Å²) >= 11 is 0. The van der Waals surface area contributed by atoms with Crippen LogP contribution in [0.5, 0.6) is 11.5 Å². The monoisotopic (exact) mass is 263 g/mol. The maximum absolute atomic E-state index is 5.82. The predicted molar refractivity (Wildman–Crippen MR) is 78.0 cm³/mol. The highest BCUT2D eigenvalue weighted by Gasteiger charge is 2.21. The Morgan fingerprint density at radius 3 is 2.95 bits per heavy atom. The van der Waals surface area contributed by atoms with Gasteiger partial charge in [-0.2, -0.15) is 0 Å². The van der Waals surface area contributed by atoms with E-state index in [9.17, 15) is 0 Å². The summed E-state index contributed by atoms with van der Waals surface area (Å²) in [5, 5.41) is 3.54. The average molecular weight is 263 g/mol. The van der Waals surface area contributed by atoms with Crippen molar-refractivity contribution in [1.29, 1.82) is 0 Å². The zero-order chi connectivity index (χ0) is 13.8. The first kappa shape index (κ1) is 14.2. The topological polar surface area (TPSA) is 30.5 Å². The average Bonchev–Trinajstić information content (AvgIpc) is 2.74. The van der Waals surface area contributed by atoms with Crippen LogP contribution in [-0.4, -0.2) is 19.3 Å². The van der Waals surface area contributed by atoms with Crippen LogP contribution in [0.15, 0.2) is 12.1 Å². The molecule has 2 rings (SSSR count). The van der Waals surface area contributed by atoms with Crippen molar-refractivity contribution in [1.82, 2.24) is 5.32 Å². The van der Waals surface area contributed by atoms with E-state index < -0.39 is 0 Å². The molecule has 0 radical (unpaired) electrons. The molecule has 0 aliphatic carbocycles. The van der Waals surface area contributed by atoms with Gasteiger partial charge in [0, 0.05) is 30.1 Å². The standard InChI is InChI=1S/C16H25NO2/c1-5-6-11(2)17-10-14-9-16-13(7-12(3)19-16)8-15(14)18-4/h8-9,11-12,17H,5-7,10H2,1-4H3. The van der Waals surface area contributed by atoms with Gasteiger partial charge in [-0.25, -0.2) is 0 Å². The number of hydrogen-bond donors (Lipinski definition) is 1. The zero-order valence-corrected chi connectivity index (χ0v) is 12.5. The third-order valence-corrected chi connectivity index (χ3v) is 3.66. The highest BCUT2D eigenvalue weighted by molar-refractivity contribution is 5.48. The second-order valence-electron chi connectivity index (χ2n) is 5.47. The van der Waals surface area contributed by atoms with Crippen molar-refractivity contribution in [3.63, 3.8) is 0 Å². The van der Waals surface area contributed by atoms with Gasteiger partial charge in [0.1, 0.15) is 17.6 Å². The van der Waals surface area contributed by atoms with E-state index >= 15 is 0 Å². The van der Waals surface area contributed by atoms with Gasteiger partial charge >= 0.3 is 0 Å². The lowest BCUT2D eigenvalue weighted by Gasteiger charge is -2.15. The first-order valence-electron chi connectivity index (χ1n) is 7.23. The smallest absolute Gasteiger partial charge is 0.123 e. The molecule has 0 aromatic heterocycles. The van der Waals surface area contributed by atoms with Crippen molar-refractivity contribution in [2.45, 2.75) is 58.7 Å². The Morgan fingerprint density at radius 2 is 2.26 bits per heavy atom. The van der Waals surface area contributed by atoms with E-state index in [2.05, 4.69) is 38.2 Å². The first-order valence-corrected chi connectivity index (χ1v) is 7.23. The van der Waals surface area contributed by atoms with Gasteiger partial charge in [-0.3, -0.25) is 0 Å². The molecule has 19 heavy (non-hydrogen) atoms. The molecule has 1 aromatic rings. The molecular weight excluding hydrogens is 238 g/mol. The summed E-state index contributed by atoms with van der Waals surface area (Å²) in [7, 11) is 1.74. The van der Waals surface area contributed by atoms with Gasteiger partial charge in [0.05, 0.1) is 7.11 Å². The third-order valence-electron chi connectivity index (χ3n) is 3.66. The van der Waals surface area contributed by atoms with Crippen LogP contribution in [0.3, 0.4) is 0 Å². The molecule has 1 heterocycles. The fourth-order valence-corrected chi connectivity index (χ4v) is 2.63. The van der Waals surface area contributed by atoms with Gasteiger partial charge in [-0.15, -0.1) is 0 Å². The second kappa shape index (κ2) is 6.29. The Kier molecular flexibility index (Phi) is 4.70. The Bertz CT molecular complexity index is 431. The van der Waals surface area contributed by atoms with Crippen molar-refractivity contribution in [3.8, 4) is 11.5 Å². The van der Waals surface area contributed by atoms with Crippen LogP contribution < -0.4 is 14.8 Å². The van der Waals surface area contributed by atoms with Crippen LogP contribution in [-0.2, 0) is 13.0 Å². The van der Waals surface area contributed by atoms with Crippen LogP contribution in [0, 0.1) is 0 Å². The van der Waals surface area contributed by atoms with Crippen LogP contribution in [0.25, 0.3) is 0 Å². The third kappa shape index (κ3) is 3.41. The molecule has 1 N–H and O–H groups in total. The fourth-order valence-electron chi connectivity index (χ4n) is 2.63. The maximum atomic E-state index is 5.82. The summed E-state index contributed by atoms with van der Waals surface area (Å²) < 4.78 is 11.3. The quantitative estimate of drug-likeness (QED) is 0.854. The molecular formula is C16H25NO2. The van der Waals surface area contributed by atoms with E-state index in [0.717, 1.165) is 24.5 Å². The first-order chi connectivity index (χ1) is 9.13. The normalized spacial score (nSPS) is 18.8. The van der Waals surface area contributed by atoms with Gasteiger partial charge in [0.15, 0.2) is 0 Å². The van der Waals surface area contributed by atoms with Crippen molar-refractivity contribution < 1.29 is 9.47 Å². The van der Waals surface area contributed by atoms with Crippen molar-refractivity contribution in [2.24, 2.45) is 0 Å². The molecule has 106 valence electrons. The summed E-state index contributed by atoms with van der Waals surface area (Å²) in [5.41, 5.74) is 2.44. The van der Waals surface area contributed by atoms with E-state index in [0.29, 0.717) is 6.04 Å². The summed E-state index contributed by atoms with van der Waals surface area (Å²) in [6.07, 6.45) is 3.66. The Hall–Kier alpha value is -1.22. The number of nitrogens with one attached hydrogen (secondary N) is 1. The van der Waals surface area contributed by atoms with Gasteiger partial charge in [-0.05, 0) is 32.4 Å². The van der Waals surface area contributed by atoms with Gasteiger partial charge in [-0.1, -0.05) is 13.3 Å². The summed E-state index contributed by atoms with van der Waals surface area (Å²) in [6.45, 7) is 7.37. The minimum absolute atomic E-state index is 0.280. The van der Waals surface area contributed by atoms with Crippen LogP contribution in [0.2, 0.25) is 0 Å². The molecule has 1 aliphatic rings. The Morgan fingerprint density at radius 1 is 1.47 bits per heavy atom. The minimum atomic E-state index is 0.280. The molecule has 1 aromatic carbocycles. The summed E-state index contributed by atoms with van der Waals surface area (Å²) in [4.78, 5) is 0. The molecule has 2 unspecified atom stereocenters. The van der Waals surface area contributed by atoms with E-state index in [4.69, 9.17) is 9.47 Å². The zero-order valence-electron chi connectivity index (χ0n) is 12.5. The Balaban J connectivity index is 2.09. The molecule has 0 saturated heterocycles. The molecule has 0 saturated carbocycles. The number of rotatable bonds is 6. The number of ether oxygens (including phenoxy) is 2. The van der Waals surface area contributed by atoms with Crippen molar-refractivity contribution >= 4 is 0 Å². The summed E-state index contributed by atoms with van der Waals surface area (Å²) in [5.74, 6) is 1.99. The lowest BCUT2D eigenvalue weighted by Crippen LogP contribution is -2.25. The molecule has 0 bridgehead atoms. The largest absolute Gasteiger partial charge is 0.496 e. The Labute approximate surface area is 116 Å². The van der Waals surface area contributed by atoms with E-state index in [1.807, 2.05) is 0 Å². The molecule has 0 fully saturated rings. The molecule has 1 aliphatic heterocycles. The van der Waals surface area contributed by atoms with Gasteiger partial charge in [0.25, 0.3) is 0 Å². The van der Waals surface area contributed by atoms with Crippen LogP contribution in [0.4, 0.5) is 0 Å². The lowest BCUT2D eigenvalue weighted by atomic mass is 10.1.